The number of hydrogen-bond acceptors (Lipinski definition) is 9. The van der Waals surface area contributed by atoms with Gasteiger partial charge in [0.2, 0.25) is 5.95 Å². The van der Waals surface area contributed by atoms with Crippen LogP contribution in [0.5, 0.6) is 0 Å². The summed E-state index contributed by atoms with van der Waals surface area (Å²) in [6, 6.07) is 2.38. The molecule has 4 heterocycles. The number of hydrogen-bond donors (Lipinski definition) is 3. The third-order valence-electron chi connectivity index (χ3n) is 6.31. The fourth-order valence-electron chi connectivity index (χ4n) is 4.19. The molecule has 0 spiro atoms. The lowest BCUT2D eigenvalue weighted by Gasteiger charge is -2.42. The highest BCUT2D eigenvalue weighted by Crippen LogP contribution is 2.33. The number of anilines is 3. The van der Waals surface area contributed by atoms with E-state index in [-0.39, 0.29) is 42.7 Å². The molecule has 3 atom stereocenters. The summed E-state index contributed by atoms with van der Waals surface area (Å²) >= 11 is 0. The fourth-order valence-corrected chi connectivity index (χ4v) is 4.19. The molecule has 3 N–H and O–H groups in total. The molecule has 2 aromatic rings. The second-order valence-electron chi connectivity index (χ2n) is 8.90. The van der Waals surface area contributed by atoms with Gasteiger partial charge in [0.1, 0.15) is 18.0 Å². The van der Waals surface area contributed by atoms with Gasteiger partial charge in [-0.1, -0.05) is 6.92 Å². The minimum Gasteiger partial charge on any atom is -0.446 e. The lowest BCUT2D eigenvalue weighted by molar-refractivity contribution is -0.0760. The van der Waals surface area contributed by atoms with Crippen molar-refractivity contribution in [2.75, 3.05) is 48.8 Å². The molecule has 2 aliphatic rings. The zero-order valence-electron chi connectivity index (χ0n) is 20.0. The summed E-state index contributed by atoms with van der Waals surface area (Å²) in [7, 11) is 1.30. The Bertz CT molecular complexity index is 1060. The molecule has 4 rings (SSSR count). The maximum Gasteiger partial charge on any atom is 0.413 e. The Kier molecular flexibility index (Phi) is 7.72. The lowest BCUT2D eigenvalue weighted by atomic mass is 9.98. The summed E-state index contributed by atoms with van der Waals surface area (Å²) < 4.78 is 35.2. The highest BCUT2D eigenvalue weighted by atomic mass is 19.3. The van der Waals surface area contributed by atoms with Gasteiger partial charge in [0.25, 0.3) is 5.92 Å². The first-order valence-corrected chi connectivity index (χ1v) is 11.7. The molecule has 0 bridgehead atoms. The Balaban J connectivity index is 1.40. The van der Waals surface area contributed by atoms with E-state index in [9.17, 15) is 18.4 Å². The summed E-state index contributed by atoms with van der Waals surface area (Å²) in [5.41, 5.74) is 0. The van der Waals surface area contributed by atoms with Crippen molar-refractivity contribution < 1.29 is 23.1 Å². The van der Waals surface area contributed by atoms with Crippen molar-refractivity contribution >= 4 is 29.7 Å². The Labute approximate surface area is 206 Å². The molecule has 36 heavy (non-hydrogen) atoms. The fraction of sp³-hybridized carbons (Fsp3) is 0.545. The maximum atomic E-state index is 14.8. The van der Waals surface area contributed by atoms with Crippen LogP contribution in [-0.2, 0) is 4.74 Å². The topological polar surface area (TPSA) is 138 Å². The number of carbonyl (C=O) groups excluding carboxylic acids is 2. The van der Waals surface area contributed by atoms with Gasteiger partial charge < -0.3 is 19.9 Å². The van der Waals surface area contributed by atoms with Crippen molar-refractivity contribution in [3.63, 3.8) is 0 Å². The third-order valence-corrected chi connectivity index (χ3v) is 6.31. The molecular formula is C22H29F2N9O3. The van der Waals surface area contributed by atoms with Gasteiger partial charge in [0.15, 0.2) is 5.82 Å². The van der Waals surface area contributed by atoms with E-state index in [1.807, 2.05) is 6.92 Å². The first-order valence-electron chi connectivity index (χ1n) is 11.7. The number of aromatic nitrogens is 4. The van der Waals surface area contributed by atoms with E-state index >= 15 is 0 Å². The number of alkyl halides is 2. The van der Waals surface area contributed by atoms with Crippen molar-refractivity contribution in [2.24, 2.45) is 5.92 Å². The van der Waals surface area contributed by atoms with Gasteiger partial charge in [0, 0.05) is 51.4 Å². The molecular weight excluding hydrogens is 476 g/mol. The molecule has 2 aromatic heterocycles. The zero-order chi connectivity index (χ0) is 25.7. The molecule has 0 radical (unpaired) electrons. The lowest BCUT2D eigenvalue weighted by Crippen LogP contribution is -2.60. The van der Waals surface area contributed by atoms with Crippen LogP contribution in [0.3, 0.4) is 0 Å². The number of piperidine rings is 2. The van der Waals surface area contributed by atoms with E-state index < -0.39 is 30.5 Å². The van der Waals surface area contributed by atoms with Crippen molar-refractivity contribution in [3.05, 3.63) is 30.6 Å². The highest BCUT2D eigenvalue weighted by Gasteiger charge is 2.48. The maximum absolute atomic E-state index is 14.8. The van der Waals surface area contributed by atoms with Gasteiger partial charge in [-0.25, -0.2) is 23.4 Å². The standard InChI is InChI=1S/C22H29F2N9O3/c1-14-12-25-9-5-15(14)36-21(35)30-17-6-10-26-19(28-17)33-11-7-22(23,24)16(13-33)32(2)20(34)29-18-4-3-8-27-31-18/h3-4,6,8,10,14-16,25H,5,7,9,11-13H2,1-2H3,(H,29,31,34)(H,26,28,30,35)/t14-,15+,16-/m0/s1. The Hall–Kier alpha value is -3.68. The first-order chi connectivity index (χ1) is 17.2. The third kappa shape index (κ3) is 6.11. The van der Waals surface area contributed by atoms with Crippen LogP contribution in [0.4, 0.5) is 36.0 Å². The number of halogens is 2. The number of urea groups is 1. The van der Waals surface area contributed by atoms with Crippen molar-refractivity contribution in [2.45, 2.75) is 37.8 Å². The van der Waals surface area contributed by atoms with E-state index in [0.29, 0.717) is 6.42 Å². The van der Waals surface area contributed by atoms with E-state index in [1.54, 1.807) is 11.0 Å². The van der Waals surface area contributed by atoms with E-state index in [4.69, 9.17) is 4.74 Å². The van der Waals surface area contributed by atoms with Gasteiger partial charge in [-0.05, 0) is 31.2 Å². The smallest absolute Gasteiger partial charge is 0.413 e. The van der Waals surface area contributed by atoms with Gasteiger partial charge in [-0.3, -0.25) is 10.6 Å². The predicted molar refractivity (Wildman–Crippen MR) is 127 cm³/mol. The number of likely N-dealkylation sites (N-methyl/N-ethyl adjacent to an activating group) is 1. The second-order valence-corrected chi connectivity index (χ2v) is 8.90. The normalized spacial score (nSPS) is 23.4. The minimum atomic E-state index is -3.13. The summed E-state index contributed by atoms with van der Waals surface area (Å²) in [5.74, 6) is -2.45. The molecule has 0 saturated carbocycles. The molecule has 3 amide bonds. The number of ether oxygens (including phenoxy) is 1. The van der Waals surface area contributed by atoms with Crippen LogP contribution < -0.4 is 20.9 Å². The van der Waals surface area contributed by atoms with E-state index in [1.165, 1.54) is 31.6 Å². The zero-order valence-corrected chi connectivity index (χ0v) is 20.0. The van der Waals surface area contributed by atoms with Crippen LogP contribution in [0.25, 0.3) is 0 Å². The minimum absolute atomic E-state index is 0.0242. The van der Waals surface area contributed by atoms with Crippen LogP contribution in [0.1, 0.15) is 19.8 Å². The SMILES string of the molecule is C[C@H]1CNCC[C@H]1OC(=O)Nc1ccnc(N2CCC(F)(F)[C@@H](N(C)C(=O)Nc3cccnn3)C2)n1. The summed E-state index contributed by atoms with van der Waals surface area (Å²) in [4.78, 5) is 36.0. The molecule has 194 valence electrons. The first kappa shape index (κ1) is 25.4. The van der Waals surface area contributed by atoms with Crippen molar-refractivity contribution in [3.8, 4) is 0 Å². The predicted octanol–water partition coefficient (Wildman–Crippen LogP) is 2.19. The van der Waals surface area contributed by atoms with Gasteiger partial charge in [-0.2, -0.15) is 10.1 Å². The quantitative estimate of drug-likeness (QED) is 0.558. The molecule has 14 heteroatoms. The molecule has 0 unspecified atom stereocenters. The average molecular weight is 506 g/mol. The van der Waals surface area contributed by atoms with Crippen LogP contribution in [0.15, 0.2) is 30.6 Å². The van der Waals surface area contributed by atoms with Crippen molar-refractivity contribution in [1.29, 1.82) is 0 Å². The molecule has 0 aromatic carbocycles. The van der Waals surface area contributed by atoms with E-state index in [2.05, 4.69) is 36.1 Å². The van der Waals surface area contributed by atoms with Crippen molar-refractivity contribution in [1.82, 2.24) is 30.4 Å². The Morgan fingerprint density at radius 3 is 2.83 bits per heavy atom. The Morgan fingerprint density at radius 2 is 2.08 bits per heavy atom. The summed E-state index contributed by atoms with van der Waals surface area (Å²) in [6.45, 7) is 3.30. The molecule has 2 fully saturated rings. The molecule has 2 aliphatic heterocycles. The van der Waals surface area contributed by atoms with E-state index in [0.717, 1.165) is 18.0 Å². The number of carbonyl (C=O) groups is 2. The van der Waals surface area contributed by atoms with Crippen LogP contribution >= 0.6 is 0 Å². The Morgan fingerprint density at radius 1 is 1.25 bits per heavy atom. The summed E-state index contributed by atoms with van der Waals surface area (Å²) in [5, 5.41) is 15.7. The summed E-state index contributed by atoms with van der Waals surface area (Å²) in [6.07, 6.45) is 2.23. The van der Waals surface area contributed by atoms with Crippen LogP contribution in [0.2, 0.25) is 0 Å². The second kappa shape index (κ2) is 10.9. The number of rotatable bonds is 5. The number of amides is 3. The van der Waals surface area contributed by atoms with Gasteiger partial charge in [-0.15, -0.1) is 5.10 Å². The number of nitrogens with one attached hydrogen (secondary N) is 3. The average Bonchev–Trinajstić information content (AvgIpc) is 2.85. The van der Waals surface area contributed by atoms with Gasteiger partial charge >= 0.3 is 12.1 Å². The highest BCUT2D eigenvalue weighted by molar-refractivity contribution is 5.88. The van der Waals surface area contributed by atoms with Crippen LogP contribution in [-0.4, -0.2) is 88.5 Å². The largest absolute Gasteiger partial charge is 0.446 e. The molecule has 12 nitrogen and oxygen atoms in total. The van der Waals surface area contributed by atoms with Crippen LogP contribution in [0, 0.1) is 5.92 Å². The monoisotopic (exact) mass is 505 g/mol. The number of nitrogens with zero attached hydrogens (tertiary/aromatic N) is 6. The van der Waals surface area contributed by atoms with Gasteiger partial charge in [0.05, 0.1) is 0 Å². The molecule has 2 saturated heterocycles. The molecule has 0 aliphatic carbocycles.